The molecule has 2 aromatic carbocycles. The summed E-state index contributed by atoms with van der Waals surface area (Å²) >= 11 is 0. The standard InChI is InChI=1S/C21H23FN4/c1-16-25-20(23-13-7-10-17-8-3-2-4-9-17)14-21(26-16)24-15-18-11-5-6-12-19(18)22/h2-6,8-9,11-12,14H,7,10,13,15H2,1H3,(H2,23,24,25,26). The predicted molar refractivity (Wildman–Crippen MR) is 104 cm³/mol. The number of halogens is 1. The predicted octanol–water partition coefficient (Wildman–Crippen LogP) is 4.58. The average Bonchev–Trinajstić information content (AvgIpc) is 2.65. The molecule has 0 radical (unpaired) electrons. The lowest BCUT2D eigenvalue weighted by molar-refractivity contribution is 0.613. The van der Waals surface area contributed by atoms with E-state index in [-0.39, 0.29) is 5.82 Å². The number of rotatable bonds is 8. The molecule has 4 nitrogen and oxygen atoms in total. The summed E-state index contributed by atoms with van der Waals surface area (Å²) in [5.41, 5.74) is 1.95. The molecule has 0 aliphatic carbocycles. The van der Waals surface area contributed by atoms with E-state index in [1.807, 2.05) is 25.1 Å². The average molecular weight is 350 g/mol. The summed E-state index contributed by atoms with van der Waals surface area (Å²) in [5, 5.41) is 6.51. The smallest absolute Gasteiger partial charge is 0.132 e. The number of aryl methyl sites for hydroxylation is 2. The molecule has 0 unspecified atom stereocenters. The van der Waals surface area contributed by atoms with Crippen molar-refractivity contribution in [2.45, 2.75) is 26.3 Å². The molecule has 5 heteroatoms. The summed E-state index contributed by atoms with van der Waals surface area (Å²) < 4.78 is 13.7. The third-order valence-corrected chi connectivity index (χ3v) is 4.05. The van der Waals surface area contributed by atoms with E-state index >= 15 is 0 Å². The molecule has 0 atom stereocenters. The first-order chi connectivity index (χ1) is 12.7. The zero-order valence-corrected chi connectivity index (χ0v) is 14.9. The molecule has 26 heavy (non-hydrogen) atoms. The molecule has 3 aromatic rings. The Kier molecular flexibility index (Phi) is 6.14. The number of anilines is 2. The molecule has 0 fully saturated rings. The van der Waals surface area contributed by atoms with Gasteiger partial charge in [0.25, 0.3) is 0 Å². The van der Waals surface area contributed by atoms with Gasteiger partial charge >= 0.3 is 0 Å². The zero-order chi connectivity index (χ0) is 18.2. The summed E-state index contributed by atoms with van der Waals surface area (Å²) in [6.45, 7) is 3.07. The number of nitrogens with one attached hydrogen (secondary N) is 2. The van der Waals surface area contributed by atoms with Gasteiger partial charge in [0.1, 0.15) is 23.3 Å². The quantitative estimate of drug-likeness (QED) is 0.584. The minimum Gasteiger partial charge on any atom is -0.370 e. The fourth-order valence-corrected chi connectivity index (χ4v) is 2.73. The largest absolute Gasteiger partial charge is 0.370 e. The Hall–Kier alpha value is -2.95. The molecule has 0 saturated carbocycles. The Morgan fingerprint density at radius 3 is 2.35 bits per heavy atom. The minimum atomic E-state index is -0.218. The number of nitrogens with zero attached hydrogens (tertiary/aromatic N) is 2. The van der Waals surface area contributed by atoms with Crippen LogP contribution in [0.1, 0.15) is 23.4 Å². The van der Waals surface area contributed by atoms with Crippen molar-refractivity contribution < 1.29 is 4.39 Å². The van der Waals surface area contributed by atoms with Gasteiger partial charge in [-0.15, -0.1) is 0 Å². The highest BCUT2D eigenvalue weighted by Crippen LogP contribution is 2.14. The van der Waals surface area contributed by atoms with Gasteiger partial charge in [-0.3, -0.25) is 0 Å². The zero-order valence-electron chi connectivity index (χ0n) is 14.9. The van der Waals surface area contributed by atoms with Gasteiger partial charge in [-0.05, 0) is 31.4 Å². The first-order valence-electron chi connectivity index (χ1n) is 8.81. The maximum absolute atomic E-state index is 13.7. The van der Waals surface area contributed by atoms with Gasteiger partial charge in [-0.1, -0.05) is 48.5 Å². The third-order valence-electron chi connectivity index (χ3n) is 4.05. The Labute approximate surface area is 153 Å². The van der Waals surface area contributed by atoms with Crippen molar-refractivity contribution in [3.05, 3.63) is 83.4 Å². The maximum atomic E-state index is 13.7. The molecule has 3 rings (SSSR count). The lowest BCUT2D eigenvalue weighted by atomic mass is 10.1. The second-order valence-electron chi connectivity index (χ2n) is 6.15. The molecule has 1 heterocycles. The van der Waals surface area contributed by atoms with Crippen LogP contribution in [0.5, 0.6) is 0 Å². The molecule has 1 aromatic heterocycles. The van der Waals surface area contributed by atoms with Gasteiger partial charge in [0.15, 0.2) is 0 Å². The van der Waals surface area contributed by atoms with E-state index in [2.05, 4.69) is 44.9 Å². The second kappa shape index (κ2) is 8.94. The van der Waals surface area contributed by atoms with E-state index in [0.717, 1.165) is 25.2 Å². The third kappa shape index (κ3) is 5.28. The fourth-order valence-electron chi connectivity index (χ4n) is 2.73. The van der Waals surface area contributed by atoms with Crippen LogP contribution in [0.15, 0.2) is 60.7 Å². The first-order valence-corrected chi connectivity index (χ1v) is 8.81. The second-order valence-corrected chi connectivity index (χ2v) is 6.15. The van der Waals surface area contributed by atoms with Crippen LogP contribution in [0.4, 0.5) is 16.0 Å². The number of benzene rings is 2. The van der Waals surface area contributed by atoms with E-state index < -0.39 is 0 Å². The molecule has 0 bridgehead atoms. The monoisotopic (exact) mass is 350 g/mol. The Morgan fingerprint density at radius 2 is 1.58 bits per heavy atom. The van der Waals surface area contributed by atoms with Crippen LogP contribution in [-0.2, 0) is 13.0 Å². The minimum absolute atomic E-state index is 0.218. The molecule has 134 valence electrons. The molecule has 0 spiro atoms. The lowest BCUT2D eigenvalue weighted by Gasteiger charge is -2.11. The van der Waals surface area contributed by atoms with Crippen molar-refractivity contribution >= 4 is 11.6 Å². The van der Waals surface area contributed by atoms with E-state index in [1.54, 1.807) is 12.1 Å². The molecule has 0 saturated heterocycles. The van der Waals surface area contributed by atoms with Crippen LogP contribution in [-0.4, -0.2) is 16.5 Å². The van der Waals surface area contributed by atoms with E-state index in [0.29, 0.717) is 23.8 Å². The summed E-state index contributed by atoms with van der Waals surface area (Å²) in [5.74, 6) is 1.92. The Bertz CT molecular complexity index is 836. The van der Waals surface area contributed by atoms with E-state index in [4.69, 9.17) is 0 Å². The van der Waals surface area contributed by atoms with Gasteiger partial charge in [0, 0.05) is 24.7 Å². The molecule has 2 N–H and O–H groups in total. The van der Waals surface area contributed by atoms with Crippen LogP contribution in [0.2, 0.25) is 0 Å². The number of hydrogen-bond donors (Lipinski definition) is 2. The first kappa shape index (κ1) is 17.9. The highest BCUT2D eigenvalue weighted by molar-refractivity contribution is 5.47. The topological polar surface area (TPSA) is 49.8 Å². The van der Waals surface area contributed by atoms with Crippen molar-refractivity contribution in [3.8, 4) is 0 Å². The summed E-state index contributed by atoms with van der Waals surface area (Å²) in [4.78, 5) is 8.78. The molecule has 0 aliphatic heterocycles. The Morgan fingerprint density at radius 1 is 0.885 bits per heavy atom. The summed E-state index contributed by atoms with van der Waals surface area (Å²) in [6.07, 6.45) is 2.04. The highest BCUT2D eigenvalue weighted by atomic mass is 19.1. The van der Waals surface area contributed by atoms with Crippen molar-refractivity contribution in [2.24, 2.45) is 0 Å². The van der Waals surface area contributed by atoms with Crippen LogP contribution in [0, 0.1) is 12.7 Å². The van der Waals surface area contributed by atoms with Gasteiger partial charge in [-0.25, -0.2) is 14.4 Å². The summed E-state index contributed by atoms with van der Waals surface area (Å²) in [7, 11) is 0. The molecular weight excluding hydrogens is 327 g/mol. The van der Waals surface area contributed by atoms with Crippen LogP contribution in [0.25, 0.3) is 0 Å². The van der Waals surface area contributed by atoms with Gasteiger partial charge < -0.3 is 10.6 Å². The number of aromatic nitrogens is 2. The van der Waals surface area contributed by atoms with E-state index in [1.165, 1.54) is 11.6 Å². The SMILES string of the molecule is Cc1nc(NCCCc2ccccc2)cc(NCc2ccccc2F)n1. The molecule has 0 aliphatic rings. The fraction of sp³-hybridized carbons (Fsp3) is 0.238. The maximum Gasteiger partial charge on any atom is 0.132 e. The van der Waals surface area contributed by atoms with Gasteiger partial charge in [0.05, 0.1) is 0 Å². The van der Waals surface area contributed by atoms with E-state index in [9.17, 15) is 4.39 Å². The van der Waals surface area contributed by atoms with Crippen LogP contribution >= 0.6 is 0 Å². The van der Waals surface area contributed by atoms with Crippen molar-refractivity contribution in [3.63, 3.8) is 0 Å². The van der Waals surface area contributed by atoms with Crippen LogP contribution in [0.3, 0.4) is 0 Å². The van der Waals surface area contributed by atoms with Crippen molar-refractivity contribution in [1.29, 1.82) is 0 Å². The summed E-state index contributed by atoms with van der Waals surface area (Å²) in [6, 6.07) is 19.0. The highest BCUT2D eigenvalue weighted by Gasteiger charge is 2.04. The van der Waals surface area contributed by atoms with Gasteiger partial charge in [-0.2, -0.15) is 0 Å². The molecule has 0 amide bonds. The van der Waals surface area contributed by atoms with Gasteiger partial charge in [0.2, 0.25) is 0 Å². The van der Waals surface area contributed by atoms with Crippen molar-refractivity contribution in [1.82, 2.24) is 9.97 Å². The number of hydrogen-bond acceptors (Lipinski definition) is 4. The van der Waals surface area contributed by atoms with Crippen LogP contribution < -0.4 is 10.6 Å². The van der Waals surface area contributed by atoms with Crippen molar-refractivity contribution in [2.75, 3.05) is 17.2 Å². The lowest BCUT2D eigenvalue weighted by Crippen LogP contribution is -2.09. The Balaban J connectivity index is 1.53. The molecular formula is C21H23FN4. The normalized spacial score (nSPS) is 10.5.